The van der Waals surface area contributed by atoms with Crippen molar-refractivity contribution in [2.75, 3.05) is 7.11 Å². The lowest BCUT2D eigenvalue weighted by atomic mass is 9.96. The number of rotatable bonds is 3. The maximum atomic E-state index is 14.4. The van der Waals surface area contributed by atoms with Gasteiger partial charge in [0.25, 0.3) is 5.69 Å². The summed E-state index contributed by atoms with van der Waals surface area (Å²) in [6, 6.07) is 8.48. The van der Waals surface area contributed by atoms with Crippen molar-refractivity contribution in [1.29, 1.82) is 0 Å². The SMILES string of the molecule is COc1c(Br)nc(Br)c2[nH]c(=O)c(-[n+]3ccccc3)c(-c3ccc(F)c4[nH]ncc34)c12.[Cl-]. The third-order valence-corrected chi connectivity index (χ3v) is 6.13. The minimum atomic E-state index is -0.435. The average molecular weight is 582 g/mol. The summed E-state index contributed by atoms with van der Waals surface area (Å²) in [6.07, 6.45) is 5.08. The summed E-state index contributed by atoms with van der Waals surface area (Å²) >= 11 is 6.88. The summed E-state index contributed by atoms with van der Waals surface area (Å²) < 4.78 is 22.7. The zero-order chi connectivity index (χ0) is 21.7. The molecule has 162 valence electrons. The molecule has 7 nitrogen and oxygen atoms in total. The largest absolute Gasteiger partial charge is 1.00 e. The molecule has 0 unspecified atom stereocenters. The summed E-state index contributed by atoms with van der Waals surface area (Å²) in [5.41, 5.74) is 1.90. The lowest BCUT2D eigenvalue weighted by Gasteiger charge is -2.15. The Balaban J connectivity index is 0.00000245. The number of fused-ring (bicyclic) bond motifs is 2. The first-order valence-corrected chi connectivity index (χ1v) is 10.7. The van der Waals surface area contributed by atoms with Crippen LogP contribution in [0.15, 0.2) is 62.9 Å². The Hall–Kier alpha value is -2.82. The summed E-state index contributed by atoms with van der Waals surface area (Å²) in [6.45, 7) is 0. The van der Waals surface area contributed by atoms with Gasteiger partial charge in [-0.15, -0.1) is 0 Å². The highest BCUT2D eigenvalue weighted by molar-refractivity contribution is 9.11. The highest BCUT2D eigenvalue weighted by Crippen LogP contribution is 2.43. The second kappa shape index (κ2) is 8.61. The molecular formula is C21H13Br2ClFN5O2. The molecule has 0 spiro atoms. The molecule has 0 atom stereocenters. The van der Waals surface area contributed by atoms with Crippen LogP contribution < -0.4 is 27.3 Å². The van der Waals surface area contributed by atoms with Crippen LogP contribution in [0.1, 0.15) is 0 Å². The molecule has 0 saturated carbocycles. The Kier molecular flexibility index (Phi) is 6.02. The highest BCUT2D eigenvalue weighted by Gasteiger charge is 2.29. The van der Waals surface area contributed by atoms with E-state index in [1.807, 2.05) is 18.2 Å². The topological polar surface area (TPSA) is 87.5 Å². The molecule has 0 aliphatic carbocycles. The van der Waals surface area contributed by atoms with Crippen molar-refractivity contribution >= 4 is 53.7 Å². The molecule has 1 aromatic carbocycles. The van der Waals surface area contributed by atoms with E-state index in [9.17, 15) is 9.18 Å². The first-order valence-electron chi connectivity index (χ1n) is 9.09. The Morgan fingerprint density at radius 1 is 1.09 bits per heavy atom. The number of nitrogens with one attached hydrogen (secondary N) is 2. The van der Waals surface area contributed by atoms with Crippen molar-refractivity contribution in [3.63, 3.8) is 0 Å². The molecule has 0 fully saturated rings. The number of H-pyrrole nitrogens is 2. The van der Waals surface area contributed by atoms with Crippen molar-refractivity contribution in [2.45, 2.75) is 0 Å². The predicted molar refractivity (Wildman–Crippen MR) is 121 cm³/mol. The first-order chi connectivity index (χ1) is 15.0. The maximum absolute atomic E-state index is 14.4. The van der Waals surface area contributed by atoms with E-state index in [0.29, 0.717) is 48.1 Å². The van der Waals surface area contributed by atoms with Crippen molar-refractivity contribution < 1.29 is 26.1 Å². The number of hydrogen-bond acceptors (Lipinski definition) is 4. The number of pyridine rings is 3. The van der Waals surface area contributed by atoms with E-state index in [1.165, 1.54) is 19.4 Å². The molecule has 0 aliphatic rings. The van der Waals surface area contributed by atoms with E-state index in [1.54, 1.807) is 23.0 Å². The van der Waals surface area contributed by atoms with E-state index < -0.39 is 5.82 Å². The van der Waals surface area contributed by atoms with Gasteiger partial charge < -0.3 is 22.1 Å². The van der Waals surface area contributed by atoms with Gasteiger partial charge in [-0.25, -0.2) is 9.37 Å². The highest BCUT2D eigenvalue weighted by atomic mass is 79.9. The summed E-state index contributed by atoms with van der Waals surface area (Å²) in [5.74, 6) is -0.00139. The second-order valence-corrected chi connectivity index (χ2v) is 8.19. The van der Waals surface area contributed by atoms with Gasteiger partial charge in [0.2, 0.25) is 0 Å². The van der Waals surface area contributed by atoms with Crippen LogP contribution in [0.2, 0.25) is 0 Å². The van der Waals surface area contributed by atoms with E-state index in [0.717, 1.165) is 0 Å². The molecule has 5 aromatic rings. The molecule has 32 heavy (non-hydrogen) atoms. The van der Waals surface area contributed by atoms with Crippen LogP contribution in [0.25, 0.3) is 38.6 Å². The molecule has 0 bridgehead atoms. The number of benzene rings is 1. The second-order valence-electron chi connectivity index (χ2n) is 6.69. The maximum Gasteiger partial charge on any atom is 0.321 e. The number of aromatic amines is 2. The van der Waals surface area contributed by atoms with Gasteiger partial charge in [-0.1, -0.05) is 12.1 Å². The minimum Gasteiger partial charge on any atom is -1.00 e. The third-order valence-electron chi connectivity index (χ3n) is 5.02. The van der Waals surface area contributed by atoms with E-state index >= 15 is 0 Å². The Bertz CT molecular complexity index is 1540. The predicted octanol–water partition coefficient (Wildman–Crippen LogP) is 1.42. The molecule has 0 radical (unpaired) electrons. The van der Waals surface area contributed by atoms with Crippen LogP contribution in [0.4, 0.5) is 4.39 Å². The monoisotopic (exact) mass is 579 g/mol. The number of methoxy groups -OCH3 is 1. The van der Waals surface area contributed by atoms with Crippen LogP contribution in [0, 0.1) is 5.82 Å². The van der Waals surface area contributed by atoms with Crippen LogP contribution >= 0.6 is 31.9 Å². The van der Waals surface area contributed by atoms with E-state index in [2.05, 4.69) is 52.0 Å². The molecule has 4 aromatic heterocycles. The Morgan fingerprint density at radius 2 is 1.84 bits per heavy atom. The van der Waals surface area contributed by atoms with Crippen molar-refractivity contribution in [3.8, 4) is 22.6 Å². The molecule has 0 amide bonds. The van der Waals surface area contributed by atoms with Crippen molar-refractivity contribution in [2.24, 2.45) is 0 Å². The quantitative estimate of drug-likeness (QED) is 0.249. The molecule has 0 aliphatic heterocycles. The normalized spacial score (nSPS) is 11.0. The van der Waals surface area contributed by atoms with Gasteiger partial charge in [0.1, 0.15) is 20.5 Å². The lowest BCUT2D eigenvalue weighted by molar-refractivity contribution is -0.596. The molecule has 0 saturated heterocycles. The number of ether oxygens (including phenoxy) is 1. The smallest absolute Gasteiger partial charge is 0.321 e. The Morgan fingerprint density at radius 3 is 2.56 bits per heavy atom. The number of hydrogen-bond donors (Lipinski definition) is 2. The summed E-state index contributed by atoms with van der Waals surface area (Å²) in [4.78, 5) is 20.6. The van der Waals surface area contributed by atoms with Crippen molar-refractivity contribution in [3.05, 3.63) is 74.3 Å². The first kappa shape index (κ1) is 22.4. The average Bonchev–Trinajstić information content (AvgIpc) is 3.26. The molecule has 2 N–H and O–H groups in total. The van der Waals surface area contributed by atoms with Gasteiger partial charge in [0.05, 0.1) is 29.8 Å². The number of aromatic nitrogens is 5. The van der Waals surface area contributed by atoms with E-state index in [4.69, 9.17) is 4.74 Å². The van der Waals surface area contributed by atoms with Gasteiger partial charge in [-0.05, 0) is 37.9 Å². The fourth-order valence-electron chi connectivity index (χ4n) is 3.73. The number of nitrogens with zero attached hydrogens (tertiary/aromatic N) is 3. The molecule has 5 rings (SSSR count). The van der Waals surface area contributed by atoms with Gasteiger partial charge in [-0.3, -0.25) is 9.89 Å². The standard InChI is InChI=1S/C21H12Br2FN5O2.ClH/c1-31-18-14-13(10-5-6-12(24)15-11(10)9-25-28-15)17(29-7-3-2-4-8-29)21(30)26-16(14)19(22)27-20(18)23;/h2-9H,1H3,(H-,25,26,28,30);1H. The van der Waals surface area contributed by atoms with Crippen LogP contribution in [-0.2, 0) is 0 Å². The summed E-state index contributed by atoms with van der Waals surface area (Å²) in [7, 11) is 1.53. The third kappa shape index (κ3) is 3.39. The van der Waals surface area contributed by atoms with Gasteiger partial charge in [-0.2, -0.15) is 9.67 Å². The van der Waals surface area contributed by atoms with Crippen molar-refractivity contribution in [1.82, 2.24) is 20.2 Å². The summed E-state index contributed by atoms with van der Waals surface area (Å²) in [5, 5.41) is 7.85. The minimum absolute atomic E-state index is 0. The zero-order valence-corrected chi connectivity index (χ0v) is 20.2. The molecule has 4 heterocycles. The van der Waals surface area contributed by atoms with Crippen LogP contribution in [0.5, 0.6) is 5.75 Å². The molecular weight excluding hydrogens is 569 g/mol. The Labute approximate surface area is 203 Å². The lowest BCUT2D eigenvalue weighted by Crippen LogP contribution is -3.00. The zero-order valence-electron chi connectivity index (χ0n) is 16.3. The fourth-order valence-corrected chi connectivity index (χ4v) is 4.98. The van der Waals surface area contributed by atoms with Crippen LogP contribution in [-0.4, -0.2) is 27.3 Å². The van der Waals surface area contributed by atoms with E-state index in [-0.39, 0.29) is 23.5 Å². The van der Waals surface area contributed by atoms with Gasteiger partial charge in [0.15, 0.2) is 18.1 Å². The number of halogens is 4. The van der Waals surface area contributed by atoms with Gasteiger partial charge in [0, 0.05) is 23.1 Å². The van der Waals surface area contributed by atoms with Gasteiger partial charge >= 0.3 is 5.56 Å². The van der Waals surface area contributed by atoms with Crippen LogP contribution in [0.3, 0.4) is 0 Å². The fraction of sp³-hybridized carbons (Fsp3) is 0.0476. The molecule has 11 heteroatoms.